The minimum atomic E-state index is -0.197. The van der Waals surface area contributed by atoms with Crippen molar-refractivity contribution in [2.45, 2.75) is 0 Å². The SMILES string of the molecule is O=C(c1cc(-c2ccc3c(c2)OCCO3)nc2ccccc12)n1cccn1. The Labute approximate surface area is 155 Å². The van der Waals surface area contributed by atoms with Gasteiger partial charge in [0.15, 0.2) is 11.5 Å². The van der Waals surface area contributed by atoms with E-state index in [9.17, 15) is 4.79 Å². The van der Waals surface area contributed by atoms with E-state index in [1.165, 1.54) is 4.68 Å². The first-order valence-corrected chi connectivity index (χ1v) is 8.64. The lowest BCUT2D eigenvalue weighted by atomic mass is 10.0. The Morgan fingerprint density at radius 2 is 1.81 bits per heavy atom. The highest BCUT2D eigenvalue weighted by molar-refractivity contribution is 6.07. The van der Waals surface area contributed by atoms with E-state index in [1.807, 2.05) is 42.5 Å². The maximum absolute atomic E-state index is 13.0. The molecule has 27 heavy (non-hydrogen) atoms. The summed E-state index contributed by atoms with van der Waals surface area (Å²) < 4.78 is 12.6. The second-order valence-electron chi connectivity index (χ2n) is 6.19. The first-order valence-electron chi connectivity index (χ1n) is 8.64. The Bertz CT molecular complexity index is 1150. The van der Waals surface area contributed by atoms with Crippen molar-refractivity contribution in [1.29, 1.82) is 0 Å². The van der Waals surface area contributed by atoms with Gasteiger partial charge in [-0.2, -0.15) is 5.10 Å². The van der Waals surface area contributed by atoms with E-state index in [0.29, 0.717) is 30.2 Å². The van der Waals surface area contributed by atoms with Gasteiger partial charge >= 0.3 is 0 Å². The van der Waals surface area contributed by atoms with Gasteiger partial charge in [0.2, 0.25) is 0 Å². The van der Waals surface area contributed by atoms with Crippen LogP contribution in [0.3, 0.4) is 0 Å². The quantitative estimate of drug-likeness (QED) is 0.549. The number of hydrogen-bond acceptors (Lipinski definition) is 5. The molecule has 0 aliphatic carbocycles. The molecular formula is C21H15N3O3. The van der Waals surface area contributed by atoms with Crippen LogP contribution in [0, 0.1) is 0 Å². The van der Waals surface area contributed by atoms with E-state index in [0.717, 1.165) is 22.2 Å². The summed E-state index contributed by atoms with van der Waals surface area (Å²) in [5.74, 6) is 1.21. The van der Waals surface area contributed by atoms with Crippen LogP contribution in [0.2, 0.25) is 0 Å². The molecule has 1 aliphatic heterocycles. The number of fused-ring (bicyclic) bond motifs is 2. The first-order chi connectivity index (χ1) is 13.3. The van der Waals surface area contributed by atoms with Gasteiger partial charge in [-0.1, -0.05) is 18.2 Å². The molecule has 0 fully saturated rings. The second-order valence-corrected chi connectivity index (χ2v) is 6.19. The smallest absolute Gasteiger partial charge is 0.278 e. The van der Waals surface area contributed by atoms with E-state index >= 15 is 0 Å². The number of benzene rings is 2. The van der Waals surface area contributed by atoms with Crippen molar-refractivity contribution in [1.82, 2.24) is 14.8 Å². The Balaban J connectivity index is 1.69. The molecule has 0 saturated carbocycles. The summed E-state index contributed by atoms with van der Waals surface area (Å²) in [5.41, 5.74) is 2.86. The maximum atomic E-state index is 13.0. The largest absolute Gasteiger partial charge is 0.486 e. The molecule has 0 N–H and O–H groups in total. The number of ether oxygens (including phenoxy) is 2. The van der Waals surface area contributed by atoms with Crippen molar-refractivity contribution in [3.63, 3.8) is 0 Å². The lowest BCUT2D eigenvalue weighted by molar-refractivity contribution is 0.0946. The number of nitrogens with zero attached hydrogens (tertiary/aromatic N) is 3. The molecule has 0 atom stereocenters. The fourth-order valence-electron chi connectivity index (χ4n) is 3.22. The van der Waals surface area contributed by atoms with Crippen LogP contribution in [-0.2, 0) is 0 Å². The van der Waals surface area contributed by atoms with Crippen LogP contribution in [0.4, 0.5) is 0 Å². The highest BCUT2D eigenvalue weighted by Gasteiger charge is 2.18. The predicted molar refractivity (Wildman–Crippen MR) is 100 cm³/mol. The topological polar surface area (TPSA) is 66.2 Å². The lowest BCUT2D eigenvalue weighted by Gasteiger charge is -2.19. The standard InChI is InChI=1S/C21H15N3O3/c25-21(24-9-3-8-22-24)16-13-18(23-17-5-2-1-4-15(16)17)14-6-7-19-20(12-14)27-11-10-26-19/h1-9,12-13H,10-11H2. The summed E-state index contributed by atoms with van der Waals surface area (Å²) in [7, 11) is 0. The molecule has 0 unspecified atom stereocenters. The molecule has 5 rings (SSSR count). The van der Waals surface area contributed by atoms with Crippen molar-refractivity contribution < 1.29 is 14.3 Å². The van der Waals surface area contributed by atoms with Gasteiger partial charge in [0.05, 0.1) is 16.8 Å². The number of carbonyl (C=O) groups excluding carboxylic acids is 1. The van der Waals surface area contributed by atoms with E-state index in [-0.39, 0.29) is 5.91 Å². The number of rotatable bonds is 2. The molecule has 1 aliphatic rings. The van der Waals surface area contributed by atoms with Gasteiger partial charge in [0.1, 0.15) is 13.2 Å². The number of carbonyl (C=O) groups is 1. The minimum Gasteiger partial charge on any atom is -0.486 e. The summed E-state index contributed by atoms with van der Waals surface area (Å²) in [6.45, 7) is 1.06. The van der Waals surface area contributed by atoms with E-state index in [1.54, 1.807) is 24.5 Å². The van der Waals surface area contributed by atoms with Gasteiger partial charge < -0.3 is 9.47 Å². The van der Waals surface area contributed by atoms with E-state index in [4.69, 9.17) is 14.5 Å². The molecule has 0 spiro atoms. The van der Waals surface area contributed by atoms with Crippen LogP contribution >= 0.6 is 0 Å². The molecule has 4 aromatic rings. The molecule has 6 nitrogen and oxygen atoms in total. The molecular weight excluding hydrogens is 342 g/mol. The predicted octanol–water partition coefficient (Wildman–Crippen LogP) is 3.56. The maximum Gasteiger partial charge on any atom is 0.278 e. The monoisotopic (exact) mass is 357 g/mol. The highest BCUT2D eigenvalue weighted by Crippen LogP contribution is 2.35. The normalized spacial score (nSPS) is 12.9. The molecule has 132 valence electrons. The van der Waals surface area contributed by atoms with Crippen molar-refractivity contribution in [2.75, 3.05) is 13.2 Å². The molecule has 0 bridgehead atoms. The fourth-order valence-corrected chi connectivity index (χ4v) is 3.22. The molecule has 0 amide bonds. The van der Waals surface area contributed by atoms with Gasteiger partial charge in [-0.15, -0.1) is 0 Å². The molecule has 0 radical (unpaired) electrons. The van der Waals surface area contributed by atoms with Crippen LogP contribution in [0.15, 0.2) is 67.0 Å². The third-order valence-electron chi connectivity index (χ3n) is 4.50. The van der Waals surface area contributed by atoms with Crippen LogP contribution in [0.5, 0.6) is 11.5 Å². The van der Waals surface area contributed by atoms with Crippen LogP contribution < -0.4 is 9.47 Å². The molecule has 2 aromatic heterocycles. The minimum absolute atomic E-state index is 0.197. The summed E-state index contributed by atoms with van der Waals surface area (Å²) in [6, 6.07) is 16.8. The third kappa shape index (κ3) is 2.71. The molecule has 2 aromatic carbocycles. The van der Waals surface area contributed by atoms with Crippen molar-refractivity contribution in [3.8, 4) is 22.8 Å². The van der Waals surface area contributed by atoms with Crippen LogP contribution in [-0.4, -0.2) is 33.9 Å². The molecule has 3 heterocycles. The first kappa shape index (κ1) is 15.6. The van der Waals surface area contributed by atoms with Gasteiger partial charge in [0, 0.05) is 23.3 Å². The van der Waals surface area contributed by atoms with Gasteiger partial charge in [-0.3, -0.25) is 4.79 Å². The van der Waals surface area contributed by atoms with Crippen LogP contribution in [0.25, 0.3) is 22.2 Å². The van der Waals surface area contributed by atoms with E-state index < -0.39 is 0 Å². The number of pyridine rings is 1. The average Bonchev–Trinajstić information content (AvgIpc) is 3.27. The number of hydrogen-bond donors (Lipinski definition) is 0. The van der Waals surface area contributed by atoms with Crippen molar-refractivity contribution in [3.05, 3.63) is 72.6 Å². The second kappa shape index (κ2) is 6.25. The Hall–Kier alpha value is -3.67. The number of aromatic nitrogens is 3. The van der Waals surface area contributed by atoms with Crippen LogP contribution in [0.1, 0.15) is 10.4 Å². The Morgan fingerprint density at radius 1 is 0.963 bits per heavy atom. The summed E-state index contributed by atoms with van der Waals surface area (Å²) in [4.78, 5) is 17.7. The molecule has 6 heteroatoms. The Morgan fingerprint density at radius 3 is 2.67 bits per heavy atom. The van der Waals surface area contributed by atoms with Gasteiger partial charge in [-0.25, -0.2) is 9.67 Å². The summed E-state index contributed by atoms with van der Waals surface area (Å²) in [5, 5.41) is 4.86. The molecule has 0 saturated heterocycles. The average molecular weight is 357 g/mol. The zero-order valence-electron chi connectivity index (χ0n) is 14.3. The van der Waals surface area contributed by atoms with Crippen molar-refractivity contribution >= 4 is 16.8 Å². The van der Waals surface area contributed by atoms with Crippen molar-refractivity contribution in [2.24, 2.45) is 0 Å². The third-order valence-corrected chi connectivity index (χ3v) is 4.50. The zero-order valence-corrected chi connectivity index (χ0v) is 14.3. The number of para-hydroxylation sites is 1. The summed E-state index contributed by atoms with van der Waals surface area (Å²) in [6.07, 6.45) is 3.23. The Kier molecular flexibility index (Phi) is 3.60. The zero-order chi connectivity index (χ0) is 18.2. The lowest BCUT2D eigenvalue weighted by Crippen LogP contribution is -2.15. The summed E-state index contributed by atoms with van der Waals surface area (Å²) >= 11 is 0. The van der Waals surface area contributed by atoms with E-state index in [2.05, 4.69) is 5.10 Å². The fraction of sp³-hybridized carbons (Fsp3) is 0.0952. The van der Waals surface area contributed by atoms with Gasteiger partial charge in [0.25, 0.3) is 5.91 Å². The highest BCUT2D eigenvalue weighted by atomic mass is 16.6. The van der Waals surface area contributed by atoms with Gasteiger partial charge in [-0.05, 0) is 36.4 Å².